The molecule has 1 N–H and O–H groups in total. The average molecular weight is 216 g/mol. The van der Waals surface area contributed by atoms with Gasteiger partial charge in [-0.3, -0.25) is 0 Å². The third-order valence-corrected chi connectivity index (χ3v) is 4.64. The summed E-state index contributed by atoms with van der Waals surface area (Å²) in [6, 6.07) is 0. The van der Waals surface area contributed by atoms with Gasteiger partial charge in [-0.05, 0) is 19.4 Å². The number of hydrogen-bond acceptors (Lipinski definition) is 3. The zero-order valence-electron chi connectivity index (χ0n) is 8.20. The van der Waals surface area contributed by atoms with Crippen molar-refractivity contribution in [2.45, 2.75) is 12.8 Å². The first-order valence-corrected chi connectivity index (χ1v) is 6.66. The van der Waals surface area contributed by atoms with Crippen LogP contribution in [0.25, 0.3) is 0 Å². The van der Waals surface area contributed by atoms with Gasteiger partial charge in [-0.1, -0.05) is 11.6 Å². The molecule has 80 valence electrons. The maximum absolute atomic E-state index is 11.5. The highest BCUT2D eigenvalue weighted by atomic mass is 32.2. The molecule has 0 unspecified atom stereocenters. The molecule has 0 aromatic carbocycles. The molecular weight excluding hydrogens is 200 g/mol. The summed E-state index contributed by atoms with van der Waals surface area (Å²) in [5, 5.41) is 3.22. The van der Waals surface area contributed by atoms with Gasteiger partial charge >= 0.3 is 0 Å². The van der Waals surface area contributed by atoms with Gasteiger partial charge in [0.05, 0.1) is 5.75 Å². The third kappa shape index (κ3) is 2.16. The van der Waals surface area contributed by atoms with Crippen molar-refractivity contribution in [3.8, 4) is 0 Å². The fourth-order valence-electron chi connectivity index (χ4n) is 1.91. The highest BCUT2D eigenvalue weighted by Gasteiger charge is 2.28. The fourth-order valence-corrected chi connectivity index (χ4v) is 3.43. The molecule has 0 atom stereocenters. The molecule has 0 saturated carbocycles. The van der Waals surface area contributed by atoms with E-state index in [9.17, 15) is 8.42 Å². The van der Waals surface area contributed by atoms with Gasteiger partial charge in [0.2, 0.25) is 10.0 Å². The van der Waals surface area contributed by atoms with Crippen LogP contribution in [0.4, 0.5) is 0 Å². The van der Waals surface area contributed by atoms with Crippen molar-refractivity contribution in [2.75, 3.05) is 31.9 Å². The Hall–Kier alpha value is -0.390. The zero-order chi connectivity index (χ0) is 10.0. The monoisotopic (exact) mass is 216 g/mol. The van der Waals surface area contributed by atoms with Crippen LogP contribution in [-0.4, -0.2) is 44.7 Å². The molecule has 2 aliphatic rings. The fraction of sp³-hybridized carbons (Fsp3) is 0.778. The summed E-state index contributed by atoms with van der Waals surface area (Å²) in [7, 11) is -2.91. The normalized spacial score (nSPS) is 27.6. The van der Waals surface area contributed by atoms with Crippen LogP contribution in [0.15, 0.2) is 11.6 Å². The zero-order valence-corrected chi connectivity index (χ0v) is 9.02. The minimum Gasteiger partial charge on any atom is -0.313 e. The lowest BCUT2D eigenvalue weighted by Crippen LogP contribution is -2.31. The summed E-state index contributed by atoms with van der Waals surface area (Å²) in [6.45, 7) is 3.17. The molecule has 4 nitrogen and oxygen atoms in total. The molecule has 1 saturated heterocycles. The lowest BCUT2D eigenvalue weighted by molar-refractivity contribution is 0.461. The minimum absolute atomic E-state index is 0.332. The predicted molar refractivity (Wildman–Crippen MR) is 55.5 cm³/mol. The molecule has 1 fully saturated rings. The van der Waals surface area contributed by atoms with Crippen LogP contribution < -0.4 is 5.32 Å². The number of nitrogens with zero attached hydrogens (tertiary/aromatic N) is 1. The lowest BCUT2D eigenvalue weighted by atomic mass is 10.1. The van der Waals surface area contributed by atoms with Crippen molar-refractivity contribution in [1.29, 1.82) is 0 Å². The first-order chi connectivity index (χ1) is 6.68. The second kappa shape index (κ2) is 4.00. The van der Waals surface area contributed by atoms with Crippen molar-refractivity contribution in [1.82, 2.24) is 9.62 Å². The Bertz CT molecular complexity index is 335. The Labute approximate surface area is 85.0 Å². The van der Waals surface area contributed by atoms with E-state index in [0.717, 1.165) is 25.9 Å². The van der Waals surface area contributed by atoms with Gasteiger partial charge in [-0.15, -0.1) is 0 Å². The quantitative estimate of drug-likeness (QED) is 0.658. The molecule has 0 aromatic heterocycles. The Balaban J connectivity index is 2.00. The van der Waals surface area contributed by atoms with Crippen LogP contribution in [0.5, 0.6) is 0 Å². The molecule has 0 amide bonds. The summed E-state index contributed by atoms with van der Waals surface area (Å²) in [4.78, 5) is 0. The maximum atomic E-state index is 11.5. The second-order valence-electron chi connectivity index (χ2n) is 3.82. The van der Waals surface area contributed by atoms with E-state index in [1.54, 1.807) is 4.31 Å². The van der Waals surface area contributed by atoms with E-state index in [-0.39, 0.29) is 0 Å². The molecule has 2 heterocycles. The van der Waals surface area contributed by atoms with Crippen LogP contribution in [0.1, 0.15) is 12.8 Å². The van der Waals surface area contributed by atoms with Crippen molar-refractivity contribution >= 4 is 10.0 Å². The summed E-state index contributed by atoms with van der Waals surface area (Å²) >= 11 is 0. The van der Waals surface area contributed by atoms with E-state index in [1.807, 2.05) is 0 Å². The Morgan fingerprint density at radius 3 is 2.93 bits per heavy atom. The molecule has 0 spiro atoms. The molecule has 0 aromatic rings. The number of rotatable bonds is 2. The molecular formula is C9H16N2O2S. The van der Waals surface area contributed by atoms with Crippen LogP contribution in [0.3, 0.4) is 0 Å². The van der Waals surface area contributed by atoms with E-state index >= 15 is 0 Å². The van der Waals surface area contributed by atoms with Crippen molar-refractivity contribution in [3.05, 3.63) is 11.6 Å². The highest BCUT2D eigenvalue weighted by Crippen LogP contribution is 2.17. The van der Waals surface area contributed by atoms with Gasteiger partial charge in [-0.2, -0.15) is 4.31 Å². The van der Waals surface area contributed by atoms with E-state index in [0.29, 0.717) is 18.8 Å². The molecule has 0 aliphatic carbocycles. The number of sulfonamides is 1. The van der Waals surface area contributed by atoms with Crippen LogP contribution >= 0.6 is 0 Å². The molecule has 2 rings (SSSR count). The number of hydrogen-bond donors (Lipinski definition) is 1. The SMILES string of the molecule is O=S1(=O)CCCN1CC1=CCNCC1. The average Bonchev–Trinajstić information content (AvgIpc) is 2.48. The Morgan fingerprint density at radius 2 is 2.36 bits per heavy atom. The van der Waals surface area contributed by atoms with Crippen LogP contribution in [0.2, 0.25) is 0 Å². The Kier molecular flexibility index (Phi) is 2.90. The Morgan fingerprint density at radius 1 is 1.50 bits per heavy atom. The molecule has 5 heteroatoms. The van der Waals surface area contributed by atoms with E-state index in [2.05, 4.69) is 11.4 Å². The highest BCUT2D eigenvalue weighted by molar-refractivity contribution is 7.89. The van der Waals surface area contributed by atoms with E-state index in [1.165, 1.54) is 5.57 Å². The predicted octanol–water partition coefficient (Wildman–Crippen LogP) is -0.0584. The summed E-state index contributed by atoms with van der Waals surface area (Å²) in [5.74, 6) is 0.332. The topological polar surface area (TPSA) is 49.4 Å². The van der Waals surface area contributed by atoms with Gasteiger partial charge in [0, 0.05) is 19.6 Å². The van der Waals surface area contributed by atoms with Gasteiger partial charge < -0.3 is 5.32 Å². The van der Waals surface area contributed by atoms with Gasteiger partial charge in [0.15, 0.2) is 0 Å². The maximum Gasteiger partial charge on any atom is 0.214 e. The standard InChI is InChI=1S/C9H16N2O2S/c12-14(13)7-1-6-11(14)8-9-2-4-10-5-3-9/h2,10H,1,3-8H2. The van der Waals surface area contributed by atoms with Crippen LogP contribution in [0, 0.1) is 0 Å². The van der Waals surface area contributed by atoms with Gasteiger partial charge in [0.1, 0.15) is 0 Å². The lowest BCUT2D eigenvalue weighted by Gasteiger charge is -2.19. The molecule has 0 radical (unpaired) electrons. The van der Waals surface area contributed by atoms with Crippen LogP contribution in [-0.2, 0) is 10.0 Å². The largest absolute Gasteiger partial charge is 0.313 e. The third-order valence-electron chi connectivity index (χ3n) is 2.74. The molecule has 14 heavy (non-hydrogen) atoms. The number of nitrogens with one attached hydrogen (secondary N) is 1. The van der Waals surface area contributed by atoms with Crippen molar-refractivity contribution < 1.29 is 8.42 Å². The van der Waals surface area contributed by atoms with E-state index in [4.69, 9.17) is 0 Å². The van der Waals surface area contributed by atoms with Crippen molar-refractivity contribution in [2.24, 2.45) is 0 Å². The van der Waals surface area contributed by atoms with E-state index < -0.39 is 10.0 Å². The molecule has 2 aliphatic heterocycles. The summed E-state index contributed by atoms with van der Waals surface area (Å²) < 4.78 is 24.7. The smallest absolute Gasteiger partial charge is 0.214 e. The summed E-state index contributed by atoms with van der Waals surface area (Å²) in [5.41, 5.74) is 1.26. The minimum atomic E-state index is -2.91. The first kappa shape index (κ1) is 10.1. The second-order valence-corrected chi connectivity index (χ2v) is 5.91. The van der Waals surface area contributed by atoms with Crippen molar-refractivity contribution in [3.63, 3.8) is 0 Å². The first-order valence-electron chi connectivity index (χ1n) is 5.05. The molecule has 0 bridgehead atoms. The summed E-state index contributed by atoms with van der Waals surface area (Å²) in [6.07, 6.45) is 3.87. The van der Waals surface area contributed by atoms with Gasteiger partial charge in [0.25, 0.3) is 0 Å². The van der Waals surface area contributed by atoms with Gasteiger partial charge in [-0.25, -0.2) is 8.42 Å².